The third kappa shape index (κ3) is 3.90. The molecular weight excluding hydrogens is 329 g/mol. The Morgan fingerprint density at radius 3 is 2.26 bits per heavy atom. The summed E-state index contributed by atoms with van der Waals surface area (Å²) in [5, 5.41) is 1.23. The van der Waals surface area contributed by atoms with Crippen LogP contribution in [0.2, 0.25) is 0 Å². The lowest BCUT2D eigenvalue weighted by Crippen LogP contribution is -2.49. The van der Waals surface area contributed by atoms with Gasteiger partial charge in [-0.05, 0) is 31.0 Å². The molecule has 2 aliphatic rings. The molecule has 2 aromatic rings. The van der Waals surface area contributed by atoms with E-state index in [1.165, 1.54) is 44.2 Å². The van der Waals surface area contributed by atoms with Crippen molar-refractivity contribution in [1.82, 2.24) is 9.88 Å². The van der Waals surface area contributed by atoms with Gasteiger partial charge in [0.1, 0.15) is 5.82 Å². The van der Waals surface area contributed by atoms with Gasteiger partial charge in [-0.3, -0.25) is 4.90 Å². The minimum absolute atomic E-state index is 0. The first-order valence-corrected chi connectivity index (χ1v) is 8.25. The molecule has 0 radical (unpaired) electrons. The molecule has 0 unspecified atom stereocenters. The van der Waals surface area contributed by atoms with Gasteiger partial charge in [-0.2, -0.15) is 0 Å². The van der Waals surface area contributed by atoms with Crippen molar-refractivity contribution < 1.29 is 0 Å². The molecule has 2 fully saturated rings. The van der Waals surface area contributed by atoms with Crippen LogP contribution >= 0.6 is 24.8 Å². The molecule has 1 aromatic carbocycles. The topological polar surface area (TPSA) is 19.4 Å². The quantitative estimate of drug-likeness (QED) is 0.808. The van der Waals surface area contributed by atoms with Crippen molar-refractivity contribution in [3.63, 3.8) is 0 Å². The smallest absolute Gasteiger partial charge is 0.129 e. The number of hydrogen-bond donors (Lipinski definition) is 0. The summed E-state index contributed by atoms with van der Waals surface area (Å²) < 4.78 is 0. The molecule has 126 valence electrons. The van der Waals surface area contributed by atoms with E-state index in [4.69, 9.17) is 4.98 Å². The number of para-hydroxylation sites is 1. The number of fused-ring (bicyclic) bond motifs is 1. The van der Waals surface area contributed by atoms with Gasteiger partial charge in [-0.25, -0.2) is 4.98 Å². The van der Waals surface area contributed by atoms with Gasteiger partial charge in [0, 0.05) is 37.6 Å². The van der Waals surface area contributed by atoms with Crippen LogP contribution in [-0.2, 0) is 0 Å². The summed E-state index contributed by atoms with van der Waals surface area (Å²) >= 11 is 0. The zero-order valence-electron chi connectivity index (χ0n) is 13.4. The first-order valence-electron chi connectivity index (χ1n) is 8.25. The summed E-state index contributed by atoms with van der Waals surface area (Å²) in [6, 6.07) is 13.6. The second kappa shape index (κ2) is 8.18. The number of piperazine rings is 1. The first kappa shape index (κ1) is 18.3. The number of benzene rings is 1. The number of anilines is 1. The van der Waals surface area contributed by atoms with Crippen LogP contribution in [0.3, 0.4) is 0 Å². The van der Waals surface area contributed by atoms with E-state index in [2.05, 4.69) is 46.2 Å². The van der Waals surface area contributed by atoms with Crippen LogP contribution in [0.15, 0.2) is 36.4 Å². The van der Waals surface area contributed by atoms with Gasteiger partial charge in [0.05, 0.1) is 5.52 Å². The highest BCUT2D eigenvalue weighted by molar-refractivity contribution is 5.85. The normalized spacial score (nSPS) is 19.4. The molecule has 1 aliphatic carbocycles. The summed E-state index contributed by atoms with van der Waals surface area (Å²) in [6.45, 7) is 4.61. The largest absolute Gasteiger partial charge is 0.354 e. The van der Waals surface area contributed by atoms with Crippen LogP contribution in [0.5, 0.6) is 0 Å². The lowest BCUT2D eigenvalue weighted by Gasteiger charge is -2.38. The maximum absolute atomic E-state index is 4.83. The first-order chi connectivity index (χ1) is 10.4. The predicted molar refractivity (Wildman–Crippen MR) is 102 cm³/mol. The van der Waals surface area contributed by atoms with Crippen molar-refractivity contribution in [3.05, 3.63) is 36.4 Å². The summed E-state index contributed by atoms with van der Waals surface area (Å²) in [5.41, 5.74) is 1.10. The Labute approximate surface area is 150 Å². The summed E-state index contributed by atoms with van der Waals surface area (Å²) in [4.78, 5) is 9.97. The molecule has 23 heavy (non-hydrogen) atoms. The van der Waals surface area contributed by atoms with E-state index in [0.717, 1.165) is 30.5 Å². The van der Waals surface area contributed by atoms with E-state index < -0.39 is 0 Å². The third-order valence-corrected chi connectivity index (χ3v) is 5.06. The molecule has 1 saturated carbocycles. The van der Waals surface area contributed by atoms with Crippen LogP contribution in [0, 0.1) is 0 Å². The van der Waals surface area contributed by atoms with Gasteiger partial charge in [-0.1, -0.05) is 31.0 Å². The molecule has 2 heterocycles. The summed E-state index contributed by atoms with van der Waals surface area (Å²) in [6.07, 6.45) is 5.68. The van der Waals surface area contributed by atoms with Crippen molar-refractivity contribution in [2.45, 2.75) is 31.7 Å². The van der Waals surface area contributed by atoms with Gasteiger partial charge >= 0.3 is 0 Å². The molecule has 5 heteroatoms. The average molecular weight is 354 g/mol. The standard InChI is InChI=1S/C18H23N3.2ClH/c1-4-8-17-15(5-1)9-10-18(19-17)21-13-11-20(12-14-21)16-6-2-3-7-16;;/h1,4-5,8-10,16H,2-3,6-7,11-14H2;2*1H. The van der Waals surface area contributed by atoms with Crippen molar-refractivity contribution in [2.24, 2.45) is 0 Å². The maximum atomic E-state index is 4.83. The van der Waals surface area contributed by atoms with Gasteiger partial charge in [0.15, 0.2) is 0 Å². The lowest BCUT2D eigenvalue weighted by molar-refractivity contribution is 0.187. The second-order valence-electron chi connectivity index (χ2n) is 6.32. The number of aromatic nitrogens is 1. The molecule has 1 saturated heterocycles. The van der Waals surface area contributed by atoms with Crippen LogP contribution in [0.4, 0.5) is 5.82 Å². The Hall–Kier alpha value is -1.03. The zero-order valence-corrected chi connectivity index (χ0v) is 15.0. The number of halogens is 2. The van der Waals surface area contributed by atoms with Crippen LogP contribution < -0.4 is 4.90 Å². The van der Waals surface area contributed by atoms with Gasteiger partial charge < -0.3 is 4.90 Å². The Bertz CT molecular complexity index is 620. The highest BCUT2D eigenvalue weighted by Gasteiger charge is 2.26. The monoisotopic (exact) mass is 353 g/mol. The number of nitrogens with zero attached hydrogens (tertiary/aromatic N) is 3. The Morgan fingerprint density at radius 1 is 0.826 bits per heavy atom. The van der Waals surface area contributed by atoms with Crippen molar-refractivity contribution in [1.29, 1.82) is 0 Å². The van der Waals surface area contributed by atoms with Crippen LogP contribution in [0.25, 0.3) is 10.9 Å². The van der Waals surface area contributed by atoms with E-state index >= 15 is 0 Å². The fourth-order valence-corrected chi connectivity index (χ4v) is 3.82. The molecule has 0 spiro atoms. The molecule has 3 nitrogen and oxygen atoms in total. The average Bonchev–Trinajstić information content (AvgIpc) is 3.09. The van der Waals surface area contributed by atoms with E-state index in [1.54, 1.807) is 0 Å². The second-order valence-corrected chi connectivity index (χ2v) is 6.32. The van der Waals surface area contributed by atoms with E-state index in [-0.39, 0.29) is 24.8 Å². The lowest BCUT2D eigenvalue weighted by atomic mass is 10.1. The minimum atomic E-state index is 0. The van der Waals surface area contributed by atoms with Crippen LogP contribution in [-0.4, -0.2) is 42.1 Å². The highest BCUT2D eigenvalue weighted by Crippen LogP contribution is 2.25. The Kier molecular flexibility index (Phi) is 6.51. The molecule has 0 amide bonds. The van der Waals surface area contributed by atoms with Gasteiger partial charge in [-0.15, -0.1) is 24.8 Å². The summed E-state index contributed by atoms with van der Waals surface area (Å²) in [7, 11) is 0. The Morgan fingerprint density at radius 2 is 1.52 bits per heavy atom. The molecule has 0 bridgehead atoms. The summed E-state index contributed by atoms with van der Waals surface area (Å²) in [5.74, 6) is 1.14. The van der Waals surface area contributed by atoms with Crippen molar-refractivity contribution >= 4 is 41.5 Å². The minimum Gasteiger partial charge on any atom is -0.354 e. The molecule has 1 aliphatic heterocycles. The van der Waals surface area contributed by atoms with Gasteiger partial charge in [0.2, 0.25) is 0 Å². The van der Waals surface area contributed by atoms with E-state index in [9.17, 15) is 0 Å². The fourth-order valence-electron chi connectivity index (χ4n) is 3.82. The van der Waals surface area contributed by atoms with Gasteiger partial charge in [0.25, 0.3) is 0 Å². The van der Waals surface area contributed by atoms with Crippen molar-refractivity contribution in [2.75, 3.05) is 31.1 Å². The highest BCUT2D eigenvalue weighted by atomic mass is 35.5. The SMILES string of the molecule is Cl.Cl.c1ccc2nc(N3CCN(C4CCCC4)CC3)ccc2c1. The number of hydrogen-bond acceptors (Lipinski definition) is 3. The van der Waals surface area contributed by atoms with E-state index in [0.29, 0.717) is 0 Å². The Balaban J connectivity index is 0.000000960. The van der Waals surface area contributed by atoms with Crippen LogP contribution in [0.1, 0.15) is 25.7 Å². The molecular formula is C18H25Cl2N3. The molecule has 1 aromatic heterocycles. The fraction of sp³-hybridized carbons (Fsp3) is 0.500. The predicted octanol–water partition coefficient (Wildman–Crippen LogP) is 4.14. The van der Waals surface area contributed by atoms with E-state index in [1.807, 2.05) is 0 Å². The van der Waals surface area contributed by atoms with Crippen molar-refractivity contribution in [3.8, 4) is 0 Å². The molecule has 4 rings (SSSR count). The molecule has 0 atom stereocenters. The number of pyridine rings is 1. The zero-order chi connectivity index (χ0) is 14.1. The molecule has 0 N–H and O–H groups in total. The number of rotatable bonds is 2. The third-order valence-electron chi connectivity index (χ3n) is 5.06. The maximum Gasteiger partial charge on any atom is 0.129 e.